The van der Waals surface area contributed by atoms with Gasteiger partial charge in [0, 0.05) is 0 Å². The fraction of sp³-hybridized carbons (Fsp3) is 0.533. The number of rotatable bonds is 5. The summed E-state index contributed by atoms with van der Waals surface area (Å²) in [6.07, 6.45) is 5.89. The molecule has 18 heavy (non-hydrogen) atoms. The van der Waals surface area contributed by atoms with Crippen molar-refractivity contribution in [2.24, 2.45) is 11.8 Å². The summed E-state index contributed by atoms with van der Waals surface area (Å²) in [6, 6.07) is 6.26. The van der Waals surface area contributed by atoms with Crippen molar-refractivity contribution in [1.29, 1.82) is 0 Å². The molecule has 2 nitrogen and oxygen atoms in total. The molecule has 1 unspecified atom stereocenters. The van der Waals surface area contributed by atoms with Gasteiger partial charge in [-0.1, -0.05) is 37.8 Å². The molecule has 0 amide bonds. The van der Waals surface area contributed by atoms with Gasteiger partial charge in [-0.25, -0.2) is 4.39 Å². The Morgan fingerprint density at radius 1 is 1.39 bits per heavy atom. The monoisotopic (exact) mass is 250 g/mol. The lowest BCUT2D eigenvalue weighted by atomic mass is 9.88. The van der Waals surface area contributed by atoms with Crippen LogP contribution in [0.1, 0.15) is 37.7 Å². The van der Waals surface area contributed by atoms with Crippen LogP contribution in [0.3, 0.4) is 0 Å². The number of halogens is 1. The zero-order valence-electron chi connectivity index (χ0n) is 10.4. The molecule has 1 aromatic rings. The number of carboxylic acid groups (broad SMARTS) is 1. The van der Waals surface area contributed by atoms with Crippen LogP contribution >= 0.6 is 0 Å². The standard InChI is InChI=1S/C15H19FO2/c16-14-7-3-6-12(10-14)9-13(15(17)18)8-11-4-1-2-5-11/h3,6-7,10-11,13H,1-2,4-5,8-9H2,(H,17,18). The van der Waals surface area contributed by atoms with Crippen molar-refractivity contribution in [2.75, 3.05) is 0 Å². The van der Waals surface area contributed by atoms with Crippen molar-refractivity contribution in [3.8, 4) is 0 Å². The zero-order valence-corrected chi connectivity index (χ0v) is 10.4. The van der Waals surface area contributed by atoms with Crippen LogP contribution in [0.15, 0.2) is 24.3 Å². The molecule has 1 N–H and O–H groups in total. The van der Waals surface area contributed by atoms with E-state index in [1.165, 1.54) is 25.0 Å². The molecule has 2 rings (SSSR count). The van der Waals surface area contributed by atoms with E-state index in [9.17, 15) is 14.3 Å². The Morgan fingerprint density at radius 2 is 2.11 bits per heavy atom. The fourth-order valence-electron chi connectivity index (χ4n) is 2.87. The topological polar surface area (TPSA) is 37.3 Å². The molecule has 0 radical (unpaired) electrons. The van der Waals surface area contributed by atoms with Crippen molar-refractivity contribution in [3.63, 3.8) is 0 Å². The lowest BCUT2D eigenvalue weighted by Crippen LogP contribution is -2.19. The molecular formula is C15H19FO2. The van der Waals surface area contributed by atoms with Crippen LogP contribution in [0.5, 0.6) is 0 Å². The molecule has 1 atom stereocenters. The van der Waals surface area contributed by atoms with Crippen LogP contribution < -0.4 is 0 Å². The highest BCUT2D eigenvalue weighted by Gasteiger charge is 2.25. The second-order valence-corrected chi connectivity index (χ2v) is 5.26. The summed E-state index contributed by atoms with van der Waals surface area (Å²) in [4.78, 5) is 11.3. The minimum Gasteiger partial charge on any atom is -0.481 e. The summed E-state index contributed by atoms with van der Waals surface area (Å²) in [5.41, 5.74) is 0.778. The fourth-order valence-corrected chi connectivity index (χ4v) is 2.87. The van der Waals surface area contributed by atoms with Crippen LogP contribution in [-0.2, 0) is 11.2 Å². The molecule has 0 bridgehead atoms. The Hall–Kier alpha value is -1.38. The molecule has 98 valence electrons. The van der Waals surface area contributed by atoms with Crippen molar-refractivity contribution in [1.82, 2.24) is 0 Å². The largest absolute Gasteiger partial charge is 0.481 e. The summed E-state index contributed by atoms with van der Waals surface area (Å²) >= 11 is 0. The van der Waals surface area contributed by atoms with Crippen LogP contribution in [0.4, 0.5) is 4.39 Å². The third-order valence-electron chi connectivity index (χ3n) is 3.81. The Kier molecular flexibility index (Phi) is 4.34. The average Bonchev–Trinajstić information content (AvgIpc) is 2.81. The van der Waals surface area contributed by atoms with Gasteiger partial charge in [-0.3, -0.25) is 4.79 Å². The lowest BCUT2D eigenvalue weighted by molar-refractivity contribution is -0.142. The second kappa shape index (κ2) is 5.98. The third kappa shape index (κ3) is 3.56. The van der Waals surface area contributed by atoms with Crippen LogP contribution in [-0.4, -0.2) is 11.1 Å². The molecular weight excluding hydrogens is 231 g/mol. The van der Waals surface area contributed by atoms with E-state index in [1.54, 1.807) is 12.1 Å². The van der Waals surface area contributed by atoms with E-state index < -0.39 is 5.97 Å². The van der Waals surface area contributed by atoms with Gasteiger partial charge < -0.3 is 5.11 Å². The third-order valence-corrected chi connectivity index (χ3v) is 3.81. The summed E-state index contributed by atoms with van der Waals surface area (Å²) in [6.45, 7) is 0. The maximum absolute atomic E-state index is 13.1. The highest BCUT2D eigenvalue weighted by Crippen LogP contribution is 2.31. The highest BCUT2D eigenvalue weighted by molar-refractivity contribution is 5.70. The number of hydrogen-bond donors (Lipinski definition) is 1. The van der Waals surface area contributed by atoms with E-state index in [0.29, 0.717) is 12.3 Å². The van der Waals surface area contributed by atoms with E-state index >= 15 is 0 Å². The predicted molar refractivity (Wildman–Crippen MR) is 67.8 cm³/mol. The van der Waals surface area contributed by atoms with Gasteiger partial charge >= 0.3 is 5.97 Å². The van der Waals surface area contributed by atoms with Crippen molar-refractivity contribution in [2.45, 2.75) is 38.5 Å². The molecule has 1 aromatic carbocycles. The van der Waals surface area contributed by atoms with Gasteiger partial charge in [-0.05, 0) is 36.5 Å². The van der Waals surface area contributed by atoms with Crippen molar-refractivity contribution < 1.29 is 14.3 Å². The highest BCUT2D eigenvalue weighted by atomic mass is 19.1. The molecule has 0 aromatic heterocycles. The lowest BCUT2D eigenvalue weighted by Gasteiger charge is -2.16. The molecule has 0 heterocycles. The van der Waals surface area contributed by atoms with Gasteiger partial charge in [0.2, 0.25) is 0 Å². The number of benzene rings is 1. The van der Waals surface area contributed by atoms with Crippen molar-refractivity contribution in [3.05, 3.63) is 35.6 Å². The van der Waals surface area contributed by atoms with Gasteiger partial charge in [0.25, 0.3) is 0 Å². The Labute approximate surface area is 107 Å². The first-order valence-corrected chi connectivity index (χ1v) is 6.62. The van der Waals surface area contributed by atoms with E-state index in [0.717, 1.165) is 24.8 Å². The number of aliphatic carboxylic acids is 1. The van der Waals surface area contributed by atoms with E-state index in [4.69, 9.17) is 0 Å². The quantitative estimate of drug-likeness (QED) is 0.866. The molecule has 1 aliphatic carbocycles. The molecule has 1 aliphatic rings. The van der Waals surface area contributed by atoms with Gasteiger partial charge in [0.05, 0.1) is 5.92 Å². The maximum Gasteiger partial charge on any atom is 0.306 e. The predicted octanol–water partition coefficient (Wildman–Crippen LogP) is 3.65. The maximum atomic E-state index is 13.1. The minimum absolute atomic E-state index is 0.294. The smallest absolute Gasteiger partial charge is 0.306 e. The first-order chi connectivity index (χ1) is 8.65. The normalized spacial score (nSPS) is 17.8. The summed E-state index contributed by atoms with van der Waals surface area (Å²) < 4.78 is 13.1. The van der Waals surface area contributed by atoms with E-state index in [2.05, 4.69) is 0 Å². The molecule has 1 fully saturated rings. The minimum atomic E-state index is -0.758. The second-order valence-electron chi connectivity index (χ2n) is 5.26. The van der Waals surface area contributed by atoms with E-state index in [-0.39, 0.29) is 11.7 Å². The Balaban J connectivity index is 1.99. The van der Waals surface area contributed by atoms with E-state index in [1.807, 2.05) is 0 Å². The molecule has 1 saturated carbocycles. The first-order valence-electron chi connectivity index (χ1n) is 6.62. The summed E-state index contributed by atoms with van der Waals surface area (Å²) in [5, 5.41) is 9.27. The molecule has 0 saturated heterocycles. The SMILES string of the molecule is O=C(O)C(Cc1cccc(F)c1)CC1CCCC1. The summed E-state index contributed by atoms with van der Waals surface area (Å²) in [7, 11) is 0. The van der Waals surface area contributed by atoms with Crippen LogP contribution in [0.25, 0.3) is 0 Å². The first kappa shape index (κ1) is 13.1. The Bertz CT molecular complexity index is 411. The van der Waals surface area contributed by atoms with Crippen LogP contribution in [0, 0.1) is 17.7 Å². The molecule has 0 aliphatic heterocycles. The van der Waals surface area contributed by atoms with Gasteiger partial charge in [-0.2, -0.15) is 0 Å². The van der Waals surface area contributed by atoms with Gasteiger partial charge in [0.1, 0.15) is 5.82 Å². The van der Waals surface area contributed by atoms with Crippen molar-refractivity contribution >= 4 is 5.97 Å². The molecule has 0 spiro atoms. The van der Waals surface area contributed by atoms with Gasteiger partial charge in [-0.15, -0.1) is 0 Å². The summed E-state index contributed by atoms with van der Waals surface area (Å²) in [5.74, 6) is -0.891. The number of hydrogen-bond acceptors (Lipinski definition) is 1. The zero-order chi connectivity index (χ0) is 13.0. The number of carbonyl (C=O) groups is 1. The Morgan fingerprint density at radius 3 is 2.72 bits per heavy atom. The van der Waals surface area contributed by atoms with Gasteiger partial charge in [0.15, 0.2) is 0 Å². The van der Waals surface area contributed by atoms with Crippen LogP contribution in [0.2, 0.25) is 0 Å². The number of carboxylic acids is 1. The average molecular weight is 250 g/mol. The molecule has 3 heteroatoms.